The van der Waals surface area contributed by atoms with Crippen LogP contribution in [0.5, 0.6) is 0 Å². The van der Waals surface area contributed by atoms with Crippen LogP contribution in [-0.2, 0) is 9.84 Å². The number of hydrogen-bond acceptors (Lipinski definition) is 7. The van der Waals surface area contributed by atoms with Gasteiger partial charge in [0.1, 0.15) is 0 Å². The van der Waals surface area contributed by atoms with Gasteiger partial charge >= 0.3 is 0 Å². The second kappa shape index (κ2) is 5.73. The molecule has 0 aliphatic carbocycles. The van der Waals surface area contributed by atoms with E-state index in [1.807, 2.05) is 0 Å². The summed E-state index contributed by atoms with van der Waals surface area (Å²) < 4.78 is 35.6. The van der Waals surface area contributed by atoms with Crippen LogP contribution in [0.1, 0.15) is 6.92 Å². The van der Waals surface area contributed by atoms with Crippen LogP contribution in [0, 0.1) is 5.82 Å². The van der Waals surface area contributed by atoms with Crippen molar-refractivity contribution < 1.29 is 12.8 Å². The minimum Gasteiger partial charge on any atom is -0.366 e. The first-order valence-corrected chi connectivity index (χ1v) is 6.74. The maximum absolute atomic E-state index is 13.2. The molecule has 4 N–H and O–H groups in total. The molecule has 96 valence electrons. The molecule has 0 aromatic carbocycles. The Kier molecular flexibility index (Phi) is 4.58. The predicted molar refractivity (Wildman–Crippen MR) is 62.6 cm³/mol. The molecule has 0 amide bonds. The maximum atomic E-state index is 13.2. The molecule has 0 aliphatic heterocycles. The number of nitrogen functional groups attached to an aromatic ring is 1. The third-order valence-electron chi connectivity index (χ3n) is 2.02. The molecule has 0 spiro atoms. The van der Waals surface area contributed by atoms with E-state index < -0.39 is 15.7 Å². The van der Waals surface area contributed by atoms with Crippen LogP contribution in [0.3, 0.4) is 0 Å². The van der Waals surface area contributed by atoms with Crippen molar-refractivity contribution in [3.63, 3.8) is 0 Å². The van der Waals surface area contributed by atoms with Gasteiger partial charge in [-0.3, -0.25) is 5.43 Å². The van der Waals surface area contributed by atoms with E-state index in [-0.39, 0.29) is 29.8 Å². The number of nitrogens with zero attached hydrogens (tertiary/aromatic N) is 2. The standard InChI is InChI=1S/C8H14FN5O2S/c1-2-17(15,16)4-3-11-7-6(9)5-12-8(13-7)14-10/h5H,2-4,10H2,1H3,(H2,11,12,13,14). The second-order valence-corrected chi connectivity index (χ2v) is 5.67. The number of halogens is 1. The van der Waals surface area contributed by atoms with Crippen molar-refractivity contribution >= 4 is 21.6 Å². The molecule has 0 saturated heterocycles. The Morgan fingerprint density at radius 2 is 2.24 bits per heavy atom. The van der Waals surface area contributed by atoms with Gasteiger partial charge in [0, 0.05) is 12.3 Å². The third kappa shape index (κ3) is 4.11. The van der Waals surface area contributed by atoms with Crippen LogP contribution < -0.4 is 16.6 Å². The van der Waals surface area contributed by atoms with Crippen molar-refractivity contribution in [2.75, 3.05) is 28.8 Å². The molecule has 1 rings (SSSR count). The highest BCUT2D eigenvalue weighted by Gasteiger charge is 2.09. The van der Waals surface area contributed by atoms with Gasteiger partial charge in [-0.1, -0.05) is 6.92 Å². The van der Waals surface area contributed by atoms with E-state index >= 15 is 0 Å². The van der Waals surface area contributed by atoms with Crippen molar-refractivity contribution in [3.05, 3.63) is 12.0 Å². The Morgan fingerprint density at radius 1 is 1.53 bits per heavy atom. The lowest BCUT2D eigenvalue weighted by atomic mass is 10.5. The van der Waals surface area contributed by atoms with E-state index in [9.17, 15) is 12.8 Å². The van der Waals surface area contributed by atoms with Gasteiger partial charge in [-0.05, 0) is 0 Å². The summed E-state index contributed by atoms with van der Waals surface area (Å²) in [5, 5.41) is 2.58. The molecular weight excluding hydrogens is 249 g/mol. The first-order chi connectivity index (χ1) is 7.98. The largest absolute Gasteiger partial charge is 0.366 e. The number of aromatic nitrogens is 2. The lowest BCUT2D eigenvalue weighted by Crippen LogP contribution is -2.19. The van der Waals surface area contributed by atoms with Gasteiger partial charge in [0.15, 0.2) is 21.5 Å². The average molecular weight is 263 g/mol. The second-order valence-electron chi connectivity index (χ2n) is 3.20. The molecule has 0 atom stereocenters. The number of nitrogens with two attached hydrogens (primary N) is 1. The van der Waals surface area contributed by atoms with Crippen molar-refractivity contribution in [2.45, 2.75) is 6.92 Å². The Morgan fingerprint density at radius 3 is 2.82 bits per heavy atom. The molecule has 0 radical (unpaired) electrons. The Balaban J connectivity index is 2.63. The number of rotatable bonds is 6. The van der Waals surface area contributed by atoms with Crippen LogP contribution in [0.2, 0.25) is 0 Å². The zero-order valence-corrected chi connectivity index (χ0v) is 10.1. The van der Waals surface area contributed by atoms with Crippen LogP contribution in [0.25, 0.3) is 0 Å². The van der Waals surface area contributed by atoms with Crippen molar-refractivity contribution in [2.24, 2.45) is 5.84 Å². The normalized spacial score (nSPS) is 11.2. The van der Waals surface area contributed by atoms with Gasteiger partial charge < -0.3 is 5.32 Å². The Bertz CT molecular complexity index is 479. The van der Waals surface area contributed by atoms with Crippen molar-refractivity contribution in [1.29, 1.82) is 0 Å². The zero-order chi connectivity index (χ0) is 12.9. The van der Waals surface area contributed by atoms with E-state index in [1.54, 1.807) is 6.92 Å². The molecule has 1 aromatic rings. The number of sulfone groups is 1. The first-order valence-electron chi connectivity index (χ1n) is 4.92. The molecule has 17 heavy (non-hydrogen) atoms. The van der Waals surface area contributed by atoms with Crippen LogP contribution in [0.15, 0.2) is 6.20 Å². The van der Waals surface area contributed by atoms with E-state index in [0.29, 0.717) is 0 Å². The van der Waals surface area contributed by atoms with Gasteiger partial charge in [-0.2, -0.15) is 4.98 Å². The molecule has 0 fully saturated rings. The molecule has 1 aromatic heterocycles. The first kappa shape index (κ1) is 13.6. The third-order valence-corrected chi connectivity index (χ3v) is 3.72. The molecular formula is C8H14FN5O2S. The fourth-order valence-electron chi connectivity index (χ4n) is 1.03. The summed E-state index contributed by atoms with van der Waals surface area (Å²) in [4.78, 5) is 7.26. The van der Waals surface area contributed by atoms with Crippen molar-refractivity contribution in [3.8, 4) is 0 Å². The Labute approximate surface area is 98.5 Å². The summed E-state index contributed by atoms with van der Waals surface area (Å²) >= 11 is 0. The van der Waals surface area contributed by atoms with Gasteiger partial charge in [0.25, 0.3) is 0 Å². The van der Waals surface area contributed by atoms with Gasteiger partial charge in [-0.15, -0.1) is 0 Å². The highest BCUT2D eigenvalue weighted by molar-refractivity contribution is 7.91. The summed E-state index contributed by atoms with van der Waals surface area (Å²) in [5.41, 5.74) is 2.17. The van der Waals surface area contributed by atoms with Gasteiger partial charge in [0.2, 0.25) is 5.95 Å². The highest BCUT2D eigenvalue weighted by atomic mass is 32.2. The molecule has 1 heterocycles. The summed E-state index contributed by atoms with van der Waals surface area (Å²) in [6.07, 6.45) is 0.943. The average Bonchev–Trinajstić information content (AvgIpc) is 2.31. The number of nitrogens with one attached hydrogen (secondary N) is 2. The predicted octanol–water partition coefficient (Wildman–Crippen LogP) is -0.252. The number of anilines is 2. The van der Waals surface area contributed by atoms with Crippen LogP contribution in [0.4, 0.5) is 16.2 Å². The van der Waals surface area contributed by atoms with E-state index in [4.69, 9.17) is 5.84 Å². The fourth-order valence-corrected chi connectivity index (χ4v) is 1.73. The summed E-state index contributed by atoms with van der Waals surface area (Å²) in [6, 6.07) is 0. The minimum atomic E-state index is -3.09. The number of hydrogen-bond donors (Lipinski definition) is 3. The maximum Gasteiger partial charge on any atom is 0.239 e. The van der Waals surface area contributed by atoms with E-state index in [0.717, 1.165) is 6.20 Å². The molecule has 0 bridgehead atoms. The molecule has 0 saturated carbocycles. The quantitative estimate of drug-likeness (QED) is 0.479. The van der Waals surface area contributed by atoms with Crippen molar-refractivity contribution in [1.82, 2.24) is 9.97 Å². The molecule has 0 aliphatic rings. The van der Waals surface area contributed by atoms with Gasteiger partial charge in [-0.25, -0.2) is 23.6 Å². The fraction of sp³-hybridized carbons (Fsp3) is 0.500. The smallest absolute Gasteiger partial charge is 0.239 e. The highest BCUT2D eigenvalue weighted by Crippen LogP contribution is 2.10. The lowest BCUT2D eigenvalue weighted by molar-refractivity contribution is 0.596. The SMILES string of the molecule is CCS(=O)(=O)CCNc1nc(NN)ncc1F. The van der Waals surface area contributed by atoms with Gasteiger partial charge in [0.05, 0.1) is 11.9 Å². The van der Waals surface area contributed by atoms with Crippen LogP contribution >= 0.6 is 0 Å². The lowest BCUT2D eigenvalue weighted by Gasteiger charge is -2.07. The van der Waals surface area contributed by atoms with E-state index in [2.05, 4.69) is 20.7 Å². The Hall–Kier alpha value is -1.48. The molecule has 9 heteroatoms. The van der Waals surface area contributed by atoms with E-state index in [1.165, 1.54) is 0 Å². The summed E-state index contributed by atoms with van der Waals surface area (Å²) in [5.74, 6) is 4.33. The minimum absolute atomic E-state index is 0.0484. The monoisotopic (exact) mass is 263 g/mol. The summed E-state index contributed by atoms with van der Waals surface area (Å²) in [7, 11) is -3.09. The molecule has 0 unspecified atom stereocenters. The summed E-state index contributed by atoms with van der Waals surface area (Å²) in [6.45, 7) is 1.63. The zero-order valence-electron chi connectivity index (χ0n) is 9.27. The van der Waals surface area contributed by atoms with Crippen LogP contribution in [-0.4, -0.2) is 36.4 Å². The number of hydrazine groups is 1. The molecule has 7 nitrogen and oxygen atoms in total. The topological polar surface area (TPSA) is 110 Å².